The van der Waals surface area contributed by atoms with Gasteiger partial charge in [0.15, 0.2) is 0 Å². The lowest BCUT2D eigenvalue weighted by atomic mass is 10.2. The first-order valence-electron chi connectivity index (χ1n) is 5.98. The van der Waals surface area contributed by atoms with Crippen LogP contribution in [-0.2, 0) is 4.79 Å². The summed E-state index contributed by atoms with van der Waals surface area (Å²) in [6.07, 6.45) is 2.42. The van der Waals surface area contributed by atoms with Gasteiger partial charge >= 0.3 is 0 Å². The van der Waals surface area contributed by atoms with Gasteiger partial charge in [0.1, 0.15) is 11.6 Å². The van der Waals surface area contributed by atoms with E-state index in [0.29, 0.717) is 5.69 Å². The number of aromatic hydroxyl groups is 1. The number of carbonyl (C=O) groups is 2. The molecule has 0 saturated carbocycles. The first-order valence-corrected chi connectivity index (χ1v) is 5.98. The van der Waals surface area contributed by atoms with Gasteiger partial charge in [-0.15, -0.1) is 0 Å². The average Bonchev–Trinajstić information content (AvgIpc) is 2.42. The molecule has 0 aliphatic carbocycles. The minimum absolute atomic E-state index is 0.0827. The van der Waals surface area contributed by atoms with Gasteiger partial charge in [-0.1, -0.05) is 0 Å². The van der Waals surface area contributed by atoms with Crippen LogP contribution in [0.25, 0.3) is 0 Å². The summed E-state index contributed by atoms with van der Waals surface area (Å²) in [6, 6.07) is 5.01. The van der Waals surface area contributed by atoms with Crippen molar-refractivity contribution in [1.82, 2.24) is 4.98 Å². The Kier molecular flexibility index (Phi) is 4.13. The first-order chi connectivity index (χ1) is 9.95. The molecule has 0 saturated heterocycles. The molecule has 2 aromatic rings. The molecule has 21 heavy (non-hydrogen) atoms. The molecule has 108 valence electrons. The van der Waals surface area contributed by atoms with E-state index in [1.54, 1.807) is 0 Å². The molecule has 3 N–H and O–H groups in total. The fourth-order valence-electron chi connectivity index (χ4n) is 1.65. The summed E-state index contributed by atoms with van der Waals surface area (Å²) < 4.78 is 13.7. The fraction of sp³-hybridized carbons (Fsp3) is 0.0714. The van der Waals surface area contributed by atoms with Crippen LogP contribution in [0.2, 0.25) is 0 Å². The predicted octanol–water partition coefficient (Wildman–Crippen LogP) is 2.14. The van der Waals surface area contributed by atoms with Gasteiger partial charge in [0.2, 0.25) is 5.91 Å². The van der Waals surface area contributed by atoms with Crippen molar-refractivity contribution in [2.75, 3.05) is 10.6 Å². The zero-order valence-electron chi connectivity index (χ0n) is 11.1. The van der Waals surface area contributed by atoms with E-state index in [1.807, 2.05) is 0 Å². The Morgan fingerprint density at radius 2 is 1.95 bits per heavy atom. The second kappa shape index (κ2) is 6.00. The molecule has 0 aliphatic rings. The number of rotatable bonds is 3. The monoisotopic (exact) mass is 289 g/mol. The smallest absolute Gasteiger partial charge is 0.257 e. The SMILES string of the molecule is CC(=O)Nc1ccc(F)c(NC(=O)c2cncc(O)c2)c1. The third kappa shape index (κ3) is 3.75. The Morgan fingerprint density at radius 1 is 1.19 bits per heavy atom. The topological polar surface area (TPSA) is 91.3 Å². The van der Waals surface area contributed by atoms with Gasteiger partial charge in [-0.05, 0) is 24.3 Å². The molecular formula is C14H12FN3O3. The number of pyridine rings is 1. The van der Waals surface area contributed by atoms with E-state index in [1.165, 1.54) is 37.5 Å². The highest BCUT2D eigenvalue weighted by Crippen LogP contribution is 2.20. The largest absolute Gasteiger partial charge is 0.506 e. The molecule has 0 aliphatic heterocycles. The van der Waals surface area contributed by atoms with Crippen LogP contribution >= 0.6 is 0 Å². The third-order valence-electron chi connectivity index (χ3n) is 2.52. The van der Waals surface area contributed by atoms with E-state index in [9.17, 15) is 19.1 Å². The zero-order valence-corrected chi connectivity index (χ0v) is 11.1. The molecular weight excluding hydrogens is 277 g/mol. The van der Waals surface area contributed by atoms with Crippen LogP contribution in [0.4, 0.5) is 15.8 Å². The maximum atomic E-state index is 13.7. The van der Waals surface area contributed by atoms with Crippen LogP contribution in [-0.4, -0.2) is 21.9 Å². The number of benzene rings is 1. The first kappa shape index (κ1) is 14.4. The molecule has 0 unspecified atom stereocenters. The summed E-state index contributed by atoms with van der Waals surface area (Å²) in [7, 11) is 0. The summed E-state index contributed by atoms with van der Waals surface area (Å²) in [6.45, 7) is 1.32. The van der Waals surface area contributed by atoms with Crippen LogP contribution in [0.3, 0.4) is 0 Å². The van der Waals surface area contributed by atoms with Gasteiger partial charge in [0.05, 0.1) is 17.4 Å². The maximum Gasteiger partial charge on any atom is 0.257 e. The number of nitrogens with zero attached hydrogens (tertiary/aromatic N) is 1. The molecule has 1 aromatic carbocycles. The van der Waals surface area contributed by atoms with E-state index in [2.05, 4.69) is 15.6 Å². The summed E-state index contributed by atoms with van der Waals surface area (Å²) in [5.74, 6) is -1.76. The van der Waals surface area contributed by atoms with E-state index >= 15 is 0 Å². The highest BCUT2D eigenvalue weighted by atomic mass is 19.1. The van der Waals surface area contributed by atoms with Crippen molar-refractivity contribution >= 4 is 23.2 Å². The van der Waals surface area contributed by atoms with E-state index in [0.717, 1.165) is 6.07 Å². The number of hydrogen-bond acceptors (Lipinski definition) is 4. The number of nitrogens with one attached hydrogen (secondary N) is 2. The Bertz CT molecular complexity index is 704. The molecule has 2 amide bonds. The van der Waals surface area contributed by atoms with Crippen molar-refractivity contribution in [3.63, 3.8) is 0 Å². The number of hydrogen-bond donors (Lipinski definition) is 3. The van der Waals surface area contributed by atoms with E-state index in [4.69, 9.17) is 0 Å². The number of aromatic nitrogens is 1. The lowest BCUT2D eigenvalue weighted by Gasteiger charge is -2.09. The molecule has 7 heteroatoms. The predicted molar refractivity (Wildman–Crippen MR) is 74.6 cm³/mol. The average molecular weight is 289 g/mol. The Morgan fingerprint density at radius 3 is 2.62 bits per heavy atom. The number of carbonyl (C=O) groups excluding carboxylic acids is 2. The highest BCUT2D eigenvalue weighted by molar-refractivity contribution is 6.04. The Labute approximate surface area is 119 Å². The maximum absolute atomic E-state index is 13.7. The van der Waals surface area contributed by atoms with Crippen molar-refractivity contribution in [2.45, 2.75) is 6.92 Å². The van der Waals surface area contributed by atoms with Crippen molar-refractivity contribution in [2.24, 2.45) is 0 Å². The summed E-state index contributed by atoms with van der Waals surface area (Å²) in [4.78, 5) is 26.6. The standard InChI is InChI=1S/C14H12FN3O3/c1-8(19)17-10-2-3-12(15)13(5-10)18-14(21)9-4-11(20)7-16-6-9/h2-7,20H,1H3,(H,17,19)(H,18,21). The molecule has 0 spiro atoms. The lowest BCUT2D eigenvalue weighted by molar-refractivity contribution is -0.114. The molecule has 0 fully saturated rings. The van der Waals surface area contributed by atoms with Gasteiger partial charge in [0, 0.05) is 18.8 Å². The molecule has 0 radical (unpaired) electrons. The van der Waals surface area contributed by atoms with Crippen LogP contribution < -0.4 is 10.6 Å². The molecule has 6 nitrogen and oxygen atoms in total. The summed E-state index contributed by atoms with van der Waals surface area (Å²) >= 11 is 0. The van der Waals surface area contributed by atoms with Gasteiger partial charge < -0.3 is 15.7 Å². The molecule has 1 aromatic heterocycles. The molecule has 2 rings (SSSR count). The number of halogens is 1. The second-order valence-corrected chi connectivity index (χ2v) is 4.26. The lowest BCUT2D eigenvalue weighted by Crippen LogP contribution is -2.14. The fourth-order valence-corrected chi connectivity index (χ4v) is 1.65. The zero-order chi connectivity index (χ0) is 15.4. The van der Waals surface area contributed by atoms with Crippen molar-refractivity contribution in [1.29, 1.82) is 0 Å². The molecule has 0 bridgehead atoms. The van der Waals surface area contributed by atoms with Crippen molar-refractivity contribution in [3.05, 3.63) is 48.0 Å². The van der Waals surface area contributed by atoms with Gasteiger partial charge in [-0.25, -0.2) is 4.39 Å². The van der Waals surface area contributed by atoms with Gasteiger partial charge in [-0.2, -0.15) is 0 Å². The van der Waals surface area contributed by atoms with Crippen molar-refractivity contribution in [3.8, 4) is 5.75 Å². The van der Waals surface area contributed by atoms with Gasteiger partial charge in [-0.3, -0.25) is 14.6 Å². The van der Waals surface area contributed by atoms with Gasteiger partial charge in [0.25, 0.3) is 5.91 Å². The van der Waals surface area contributed by atoms with E-state index in [-0.39, 0.29) is 22.9 Å². The molecule has 1 heterocycles. The molecule has 0 atom stereocenters. The quantitative estimate of drug-likeness (QED) is 0.807. The van der Waals surface area contributed by atoms with Crippen molar-refractivity contribution < 1.29 is 19.1 Å². The summed E-state index contributed by atoms with van der Waals surface area (Å²) in [5, 5.41) is 14.1. The van der Waals surface area contributed by atoms with Crippen LogP contribution in [0.1, 0.15) is 17.3 Å². The second-order valence-electron chi connectivity index (χ2n) is 4.26. The summed E-state index contributed by atoms with van der Waals surface area (Å²) in [5.41, 5.74) is 0.349. The number of amides is 2. The normalized spacial score (nSPS) is 10.0. The Balaban J connectivity index is 2.22. The minimum Gasteiger partial charge on any atom is -0.506 e. The third-order valence-corrected chi connectivity index (χ3v) is 2.52. The Hall–Kier alpha value is -2.96. The van der Waals surface area contributed by atoms with E-state index < -0.39 is 11.7 Å². The van der Waals surface area contributed by atoms with Crippen LogP contribution in [0.5, 0.6) is 5.75 Å². The van der Waals surface area contributed by atoms with Crippen LogP contribution in [0, 0.1) is 5.82 Å². The highest BCUT2D eigenvalue weighted by Gasteiger charge is 2.11. The number of anilines is 2. The van der Waals surface area contributed by atoms with Crippen LogP contribution in [0.15, 0.2) is 36.7 Å². The minimum atomic E-state index is -0.648.